The molecular weight excluding hydrogens is 314 g/mol. The zero-order valence-corrected chi connectivity index (χ0v) is 15.4. The number of amides is 1. The van der Waals surface area contributed by atoms with Crippen LogP contribution in [0, 0.1) is 13.8 Å². The Morgan fingerprint density at radius 3 is 2.20 bits per heavy atom. The fourth-order valence-corrected chi connectivity index (χ4v) is 4.07. The summed E-state index contributed by atoms with van der Waals surface area (Å²) in [5.41, 5.74) is 8.03. The third kappa shape index (κ3) is 3.01. The van der Waals surface area contributed by atoms with Gasteiger partial charge in [0.15, 0.2) is 0 Å². The van der Waals surface area contributed by atoms with Gasteiger partial charge in [0.05, 0.1) is 0 Å². The van der Waals surface area contributed by atoms with Gasteiger partial charge in [-0.15, -0.1) is 0 Å². The average molecular weight is 343 g/mol. The smallest absolute Gasteiger partial charge is 0.292 e. The lowest BCUT2D eigenvalue weighted by Crippen LogP contribution is -2.53. The first-order valence-electron chi connectivity index (χ1n) is 9.73. The molecule has 1 atom stereocenters. The molecule has 0 spiro atoms. The van der Waals surface area contributed by atoms with Crippen molar-refractivity contribution in [2.24, 2.45) is 5.73 Å². The number of carbonyl (C=O) groups excluding carboxylic acids is 1. The predicted octanol–water partition coefficient (Wildman–Crippen LogP) is 2.18. The van der Waals surface area contributed by atoms with Gasteiger partial charge in [-0.2, -0.15) is 0 Å². The van der Waals surface area contributed by atoms with Crippen molar-refractivity contribution in [1.29, 1.82) is 0 Å². The van der Waals surface area contributed by atoms with Crippen LogP contribution in [0.15, 0.2) is 0 Å². The molecule has 1 aromatic rings. The molecule has 25 heavy (non-hydrogen) atoms. The number of carbonyl (C=O) groups is 1. The van der Waals surface area contributed by atoms with E-state index >= 15 is 0 Å². The number of nitrogens with zero attached hydrogens (tertiary/aromatic N) is 4. The summed E-state index contributed by atoms with van der Waals surface area (Å²) in [6.07, 6.45) is 7.93. The minimum atomic E-state index is 0.0299. The highest BCUT2D eigenvalue weighted by Crippen LogP contribution is 2.35. The van der Waals surface area contributed by atoms with E-state index in [-0.39, 0.29) is 11.9 Å². The van der Waals surface area contributed by atoms with Crippen molar-refractivity contribution < 1.29 is 4.79 Å². The van der Waals surface area contributed by atoms with Gasteiger partial charge < -0.3 is 15.5 Å². The number of nitrogens with two attached hydrogens (primary N) is 1. The van der Waals surface area contributed by atoms with Gasteiger partial charge in [0.2, 0.25) is 5.82 Å². The van der Waals surface area contributed by atoms with Crippen LogP contribution in [0.1, 0.15) is 66.8 Å². The molecular formula is C19H29N5O. The molecule has 1 aliphatic heterocycles. The number of aryl methyl sites for hydroxylation is 1. The molecule has 0 bridgehead atoms. The third-order valence-electron chi connectivity index (χ3n) is 6.25. The average Bonchev–Trinajstić information content (AvgIpc) is 2.91. The van der Waals surface area contributed by atoms with Crippen LogP contribution in [0.3, 0.4) is 0 Å². The highest BCUT2D eigenvalue weighted by Gasteiger charge is 2.38. The number of hydrogen-bond acceptors (Lipinski definition) is 5. The summed E-state index contributed by atoms with van der Waals surface area (Å²) < 4.78 is 0. The summed E-state index contributed by atoms with van der Waals surface area (Å²) in [5.74, 6) is 1.30. The highest BCUT2D eigenvalue weighted by molar-refractivity contribution is 5.91. The maximum atomic E-state index is 13.3. The van der Waals surface area contributed by atoms with E-state index in [1.54, 1.807) is 0 Å². The molecule has 0 aromatic carbocycles. The summed E-state index contributed by atoms with van der Waals surface area (Å²) in [7, 11) is 0. The standard InChI is InChI=1S/C19H29N5O/c1-12-13(2)21-17(22-18(12)23-10-9-14(20)11-23)19(25)24(15-5-3-6-15)16-7-4-8-16/h14-16H,3-11,20H2,1-2H3/t14-/m1/s1. The van der Waals surface area contributed by atoms with Crippen molar-refractivity contribution in [3.8, 4) is 0 Å². The lowest BCUT2D eigenvalue weighted by Gasteiger charge is -2.45. The number of aromatic nitrogens is 2. The number of rotatable bonds is 4. The van der Waals surface area contributed by atoms with Crippen molar-refractivity contribution in [2.75, 3.05) is 18.0 Å². The lowest BCUT2D eigenvalue weighted by molar-refractivity contribution is 0.0274. The Hall–Kier alpha value is -1.69. The minimum Gasteiger partial charge on any atom is -0.355 e. The first kappa shape index (κ1) is 16.8. The van der Waals surface area contributed by atoms with Crippen LogP contribution >= 0.6 is 0 Å². The van der Waals surface area contributed by atoms with Crippen molar-refractivity contribution in [3.05, 3.63) is 17.1 Å². The quantitative estimate of drug-likeness (QED) is 0.907. The Bertz CT molecular complexity index is 654. The van der Waals surface area contributed by atoms with Gasteiger partial charge in [-0.25, -0.2) is 9.97 Å². The van der Waals surface area contributed by atoms with E-state index in [2.05, 4.69) is 14.8 Å². The zero-order chi connectivity index (χ0) is 17.6. The largest absolute Gasteiger partial charge is 0.355 e. The van der Waals surface area contributed by atoms with Crippen molar-refractivity contribution >= 4 is 11.7 Å². The van der Waals surface area contributed by atoms with E-state index in [4.69, 9.17) is 10.7 Å². The monoisotopic (exact) mass is 343 g/mol. The Labute approximate surface area is 149 Å². The molecule has 2 saturated carbocycles. The molecule has 1 saturated heterocycles. The van der Waals surface area contributed by atoms with Gasteiger partial charge in [0.1, 0.15) is 5.82 Å². The van der Waals surface area contributed by atoms with E-state index in [0.717, 1.165) is 62.3 Å². The fraction of sp³-hybridized carbons (Fsp3) is 0.737. The summed E-state index contributed by atoms with van der Waals surface area (Å²) in [5, 5.41) is 0. The van der Waals surface area contributed by atoms with Crippen LogP contribution in [0.2, 0.25) is 0 Å². The van der Waals surface area contributed by atoms with E-state index in [1.807, 2.05) is 13.8 Å². The van der Waals surface area contributed by atoms with Crippen molar-refractivity contribution in [1.82, 2.24) is 14.9 Å². The normalized spacial score (nSPS) is 24.1. The molecule has 0 radical (unpaired) electrons. The summed E-state index contributed by atoms with van der Waals surface area (Å²) in [6.45, 7) is 5.73. The molecule has 2 heterocycles. The molecule has 0 unspecified atom stereocenters. The zero-order valence-electron chi connectivity index (χ0n) is 15.4. The molecule has 1 aromatic heterocycles. The second kappa shape index (κ2) is 6.56. The highest BCUT2D eigenvalue weighted by atomic mass is 16.2. The SMILES string of the molecule is Cc1nc(C(=O)N(C2CCC2)C2CCC2)nc(N2CC[C@@H](N)C2)c1C. The van der Waals surface area contributed by atoms with Crippen LogP contribution in [0.4, 0.5) is 5.82 Å². The maximum Gasteiger partial charge on any atom is 0.292 e. The molecule has 3 aliphatic rings. The van der Waals surface area contributed by atoms with E-state index in [0.29, 0.717) is 17.9 Å². The Morgan fingerprint density at radius 2 is 1.72 bits per heavy atom. The molecule has 1 amide bonds. The first-order valence-corrected chi connectivity index (χ1v) is 9.73. The first-order chi connectivity index (χ1) is 12.0. The summed E-state index contributed by atoms with van der Waals surface area (Å²) >= 11 is 0. The van der Waals surface area contributed by atoms with E-state index < -0.39 is 0 Å². The van der Waals surface area contributed by atoms with Gasteiger partial charge in [-0.05, 0) is 58.8 Å². The Morgan fingerprint density at radius 1 is 1.08 bits per heavy atom. The van der Waals surface area contributed by atoms with Gasteiger partial charge in [-0.3, -0.25) is 4.79 Å². The molecule has 6 heteroatoms. The lowest BCUT2D eigenvalue weighted by atomic mass is 9.84. The van der Waals surface area contributed by atoms with Crippen LogP contribution in [-0.4, -0.2) is 52.0 Å². The van der Waals surface area contributed by atoms with Gasteiger partial charge in [0, 0.05) is 42.5 Å². The van der Waals surface area contributed by atoms with Gasteiger partial charge in [-0.1, -0.05) is 0 Å². The molecule has 2 N–H and O–H groups in total. The Balaban J connectivity index is 1.64. The molecule has 6 nitrogen and oxygen atoms in total. The number of hydrogen-bond donors (Lipinski definition) is 1. The van der Waals surface area contributed by atoms with Crippen molar-refractivity contribution in [3.63, 3.8) is 0 Å². The molecule has 4 rings (SSSR count). The summed E-state index contributed by atoms with van der Waals surface area (Å²) in [4.78, 5) is 26.9. The van der Waals surface area contributed by atoms with Gasteiger partial charge in [0.25, 0.3) is 5.91 Å². The van der Waals surface area contributed by atoms with Crippen molar-refractivity contribution in [2.45, 2.75) is 76.9 Å². The number of anilines is 1. The third-order valence-corrected chi connectivity index (χ3v) is 6.25. The van der Waals surface area contributed by atoms with Crippen LogP contribution in [0.25, 0.3) is 0 Å². The second-order valence-corrected chi connectivity index (χ2v) is 7.96. The minimum absolute atomic E-state index is 0.0299. The van der Waals surface area contributed by atoms with Crippen LogP contribution < -0.4 is 10.6 Å². The topological polar surface area (TPSA) is 75.4 Å². The van der Waals surface area contributed by atoms with Crippen LogP contribution in [-0.2, 0) is 0 Å². The molecule has 3 fully saturated rings. The second-order valence-electron chi connectivity index (χ2n) is 7.96. The summed E-state index contributed by atoms with van der Waals surface area (Å²) in [6, 6.07) is 0.980. The van der Waals surface area contributed by atoms with Gasteiger partial charge >= 0.3 is 0 Å². The predicted molar refractivity (Wildman–Crippen MR) is 97.8 cm³/mol. The van der Waals surface area contributed by atoms with Crippen LogP contribution in [0.5, 0.6) is 0 Å². The molecule has 136 valence electrons. The fourth-order valence-electron chi connectivity index (χ4n) is 4.07. The Kier molecular flexibility index (Phi) is 4.40. The van der Waals surface area contributed by atoms with E-state index in [1.165, 1.54) is 12.8 Å². The molecule has 2 aliphatic carbocycles. The van der Waals surface area contributed by atoms with E-state index in [9.17, 15) is 4.79 Å². The maximum absolute atomic E-state index is 13.3.